The van der Waals surface area contributed by atoms with Gasteiger partial charge < -0.3 is 5.32 Å². The molecule has 1 aromatic heterocycles. The Labute approximate surface area is 112 Å². The summed E-state index contributed by atoms with van der Waals surface area (Å²) in [5.74, 6) is -0.184. The topological polar surface area (TPSA) is 12.0 Å². The van der Waals surface area contributed by atoms with Gasteiger partial charge in [0.15, 0.2) is 0 Å². The van der Waals surface area contributed by atoms with Crippen molar-refractivity contribution >= 4 is 11.3 Å². The van der Waals surface area contributed by atoms with Crippen LogP contribution in [-0.2, 0) is 13.0 Å². The van der Waals surface area contributed by atoms with Crippen molar-refractivity contribution in [3.63, 3.8) is 0 Å². The SMILES string of the molecule is CCc1ccc(CN[C@@H](C)c2ccc(F)cc2)s1. The highest BCUT2D eigenvalue weighted by Gasteiger charge is 2.06. The number of nitrogens with one attached hydrogen (secondary N) is 1. The number of thiophene rings is 1. The molecule has 0 saturated carbocycles. The summed E-state index contributed by atoms with van der Waals surface area (Å²) in [5.41, 5.74) is 1.11. The molecule has 0 fully saturated rings. The number of rotatable bonds is 5. The molecule has 2 rings (SSSR count). The predicted molar refractivity (Wildman–Crippen MR) is 75.4 cm³/mol. The lowest BCUT2D eigenvalue weighted by atomic mass is 10.1. The maximum Gasteiger partial charge on any atom is 0.123 e. The van der Waals surface area contributed by atoms with Gasteiger partial charge in [-0.2, -0.15) is 0 Å². The first-order chi connectivity index (χ1) is 8.69. The van der Waals surface area contributed by atoms with E-state index in [1.54, 1.807) is 0 Å². The van der Waals surface area contributed by atoms with Gasteiger partial charge in [0.2, 0.25) is 0 Å². The Kier molecular flexibility index (Phi) is 4.50. The average Bonchev–Trinajstić information content (AvgIpc) is 2.85. The van der Waals surface area contributed by atoms with Crippen LogP contribution in [0.1, 0.15) is 35.2 Å². The van der Waals surface area contributed by atoms with E-state index in [4.69, 9.17) is 0 Å². The van der Waals surface area contributed by atoms with Crippen LogP contribution >= 0.6 is 11.3 Å². The molecule has 2 aromatic rings. The molecule has 1 atom stereocenters. The van der Waals surface area contributed by atoms with Gasteiger partial charge in [-0.1, -0.05) is 19.1 Å². The fraction of sp³-hybridized carbons (Fsp3) is 0.333. The van der Waals surface area contributed by atoms with Crippen molar-refractivity contribution in [1.29, 1.82) is 0 Å². The second kappa shape index (κ2) is 6.12. The van der Waals surface area contributed by atoms with E-state index in [0.29, 0.717) is 0 Å². The Morgan fingerprint density at radius 3 is 2.39 bits per heavy atom. The first kappa shape index (κ1) is 13.2. The standard InChI is InChI=1S/C15H18FNS/c1-3-14-8-9-15(18-14)10-17-11(2)12-4-6-13(16)7-5-12/h4-9,11,17H,3,10H2,1-2H3/t11-/m0/s1. The first-order valence-electron chi connectivity index (χ1n) is 6.25. The van der Waals surface area contributed by atoms with Crippen LogP contribution in [0.25, 0.3) is 0 Å². The summed E-state index contributed by atoms with van der Waals surface area (Å²) in [7, 11) is 0. The van der Waals surface area contributed by atoms with Crippen LogP contribution in [0.15, 0.2) is 36.4 Å². The second-order valence-electron chi connectivity index (χ2n) is 4.38. The van der Waals surface area contributed by atoms with Crippen LogP contribution in [-0.4, -0.2) is 0 Å². The maximum absolute atomic E-state index is 12.8. The van der Waals surface area contributed by atoms with Gasteiger partial charge in [0.25, 0.3) is 0 Å². The minimum absolute atomic E-state index is 0.184. The molecular weight excluding hydrogens is 245 g/mol. The van der Waals surface area contributed by atoms with Gasteiger partial charge >= 0.3 is 0 Å². The van der Waals surface area contributed by atoms with Crippen LogP contribution in [0.3, 0.4) is 0 Å². The molecule has 1 N–H and O–H groups in total. The molecule has 0 radical (unpaired) electrons. The molecule has 0 unspecified atom stereocenters. The van der Waals surface area contributed by atoms with Gasteiger partial charge in [-0.25, -0.2) is 4.39 Å². The van der Waals surface area contributed by atoms with Crippen molar-refractivity contribution < 1.29 is 4.39 Å². The van der Waals surface area contributed by atoms with Crippen molar-refractivity contribution in [1.82, 2.24) is 5.32 Å². The highest BCUT2D eigenvalue weighted by Crippen LogP contribution is 2.19. The summed E-state index contributed by atoms with van der Waals surface area (Å²) in [4.78, 5) is 2.77. The van der Waals surface area contributed by atoms with Crippen LogP contribution in [0.2, 0.25) is 0 Å². The monoisotopic (exact) mass is 263 g/mol. The highest BCUT2D eigenvalue weighted by atomic mass is 32.1. The van der Waals surface area contributed by atoms with E-state index in [-0.39, 0.29) is 11.9 Å². The summed E-state index contributed by atoms with van der Waals surface area (Å²) >= 11 is 1.85. The zero-order valence-electron chi connectivity index (χ0n) is 10.7. The molecule has 18 heavy (non-hydrogen) atoms. The molecule has 1 aromatic carbocycles. The Balaban J connectivity index is 1.91. The van der Waals surface area contributed by atoms with E-state index in [9.17, 15) is 4.39 Å². The number of benzene rings is 1. The number of hydrogen-bond donors (Lipinski definition) is 1. The van der Waals surface area contributed by atoms with Crippen molar-refractivity contribution in [2.24, 2.45) is 0 Å². The third-order valence-electron chi connectivity index (χ3n) is 3.02. The third kappa shape index (κ3) is 3.40. The average molecular weight is 263 g/mol. The zero-order chi connectivity index (χ0) is 13.0. The molecule has 0 spiro atoms. The molecular formula is C15H18FNS. The summed E-state index contributed by atoms with van der Waals surface area (Å²) in [6.45, 7) is 5.13. The number of halogens is 1. The maximum atomic E-state index is 12.8. The predicted octanol–water partition coefficient (Wildman–Crippen LogP) is 4.30. The minimum Gasteiger partial charge on any atom is -0.305 e. The highest BCUT2D eigenvalue weighted by molar-refractivity contribution is 7.11. The third-order valence-corrected chi connectivity index (χ3v) is 4.25. The van der Waals surface area contributed by atoms with Crippen molar-refractivity contribution in [2.45, 2.75) is 32.9 Å². The lowest BCUT2D eigenvalue weighted by molar-refractivity contribution is 0.575. The first-order valence-corrected chi connectivity index (χ1v) is 7.07. The van der Waals surface area contributed by atoms with E-state index in [1.807, 2.05) is 23.5 Å². The summed E-state index contributed by atoms with van der Waals surface area (Å²) in [6.07, 6.45) is 1.10. The molecule has 0 aliphatic heterocycles. The van der Waals surface area contributed by atoms with Gasteiger partial charge in [0.05, 0.1) is 0 Å². The van der Waals surface area contributed by atoms with Crippen LogP contribution in [0, 0.1) is 5.82 Å². The molecule has 0 saturated heterocycles. The molecule has 0 bridgehead atoms. The molecule has 3 heteroatoms. The van der Waals surface area contributed by atoms with Gasteiger partial charge in [-0.3, -0.25) is 0 Å². The van der Waals surface area contributed by atoms with Gasteiger partial charge in [0, 0.05) is 22.3 Å². The van der Waals surface area contributed by atoms with Crippen LogP contribution in [0.4, 0.5) is 4.39 Å². The molecule has 1 heterocycles. The number of hydrogen-bond acceptors (Lipinski definition) is 2. The summed E-state index contributed by atoms with van der Waals surface area (Å²) in [5, 5.41) is 3.46. The van der Waals surface area contributed by atoms with Crippen molar-refractivity contribution in [2.75, 3.05) is 0 Å². The molecule has 1 nitrogen and oxygen atoms in total. The van der Waals surface area contributed by atoms with Gasteiger partial charge in [-0.15, -0.1) is 11.3 Å². The zero-order valence-corrected chi connectivity index (χ0v) is 11.6. The van der Waals surface area contributed by atoms with Crippen LogP contribution < -0.4 is 5.32 Å². The van der Waals surface area contributed by atoms with Crippen molar-refractivity contribution in [3.05, 3.63) is 57.5 Å². The molecule has 96 valence electrons. The molecule has 0 aliphatic rings. The van der Waals surface area contributed by atoms with E-state index in [2.05, 4.69) is 31.3 Å². The van der Waals surface area contributed by atoms with E-state index in [0.717, 1.165) is 18.5 Å². The molecule has 0 aliphatic carbocycles. The fourth-order valence-electron chi connectivity index (χ4n) is 1.83. The normalized spacial score (nSPS) is 12.6. The molecule has 0 amide bonds. The Morgan fingerprint density at radius 1 is 1.11 bits per heavy atom. The van der Waals surface area contributed by atoms with Crippen LogP contribution in [0.5, 0.6) is 0 Å². The number of aryl methyl sites for hydroxylation is 1. The van der Waals surface area contributed by atoms with E-state index < -0.39 is 0 Å². The summed E-state index contributed by atoms with van der Waals surface area (Å²) in [6, 6.07) is 11.3. The quantitative estimate of drug-likeness (QED) is 0.848. The van der Waals surface area contributed by atoms with E-state index >= 15 is 0 Å². The summed E-state index contributed by atoms with van der Waals surface area (Å²) < 4.78 is 12.8. The van der Waals surface area contributed by atoms with E-state index in [1.165, 1.54) is 21.9 Å². The lowest BCUT2D eigenvalue weighted by Gasteiger charge is -2.13. The fourth-order valence-corrected chi connectivity index (χ4v) is 2.74. The lowest BCUT2D eigenvalue weighted by Crippen LogP contribution is -2.17. The Hall–Kier alpha value is -1.19. The Morgan fingerprint density at radius 2 is 1.78 bits per heavy atom. The largest absolute Gasteiger partial charge is 0.305 e. The Bertz CT molecular complexity index is 489. The smallest absolute Gasteiger partial charge is 0.123 e. The van der Waals surface area contributed by atoms with Gasteiger partial charge in [0.1, 0.15) is 5.82 Å². The second-order valence-corrected chi connectivity index (χ2v) is 5.63. The van der Waals surface area contributed by atoms with Crippen molar-refractivity contribution in [3.8, 4) is 0 Å². The van der Waals surface area contributed by atoms with Gasteiger partial charge in [-0.05, 0) is 43.2 Å². The minimum atomic E-state index is -0.184.